The minimum absolute atomic E-state index is 0.465. The highest BCUT2D eigenvalue weighted by Crippen LogP contribution is 2.12. The van der Waals surface area contributed by atoms with E-state index in [-0.39, 0.29) is 0 Å². The summed E-state index contributed by atoms with van der Waals surface area (Å²) in [5.41, 5.74) is 0. The Morgan fingerprint density at radius 3 is 1.85 bits per heavy atom. The molecule has 0 N–H and O–H groups in total. The summed E-state index contributed by atoms with van der Waals surface area (Å²) in [6.45, 7) is 6.18. The molecule has 0 fully saturated rings. The molecule has 0 bridgehead atoms. The van der Waals surface area contributed by atoms with Crippen molar-refractivity contribution in [1.82, 2.24) is 0 Å². The number of unbranched alkanes of at least 4 members (excludes halogenated alkanes) is 7. The third-order valence-corrected chi connectivity index (χ3v) is 2.83. The van der Waals surface area contributed by atoms with E-state index in [1.54, 1.807) is 0 Å². The van der Waals surface area contributed by atoms with Crippen molar-refractivity contribution in [3.63, 3.8) is 0 Å². The zero-order valence-corrected chi connectivity index (χ0v) is 10.6. The van der Waals surface area contributed by atoms with Gasteiger partial charge in [-0.1, -0.05) is 74.2 Å². The molecule has 0 amide bonds. The summed E-state index contributed by atoms with van der Waals surface area (Å²) in [5, 5.41) is 0. The lowest BCUT2D eigenvalue weighted by molar-refractivity contribution is 0.568. The fourth-order valence-electron chi connectivity index (χ4n) is 1.50. The van der Waals surface area contributed by atoms with Gasteiger partial charge in [0.25, 0.3) is 0 Å². The van der Waals surface area contributed by atoms with Crippen molar-refractivity contribution in [2.75, 3.05) is 0 Å². The molecule has 1 atom stereocenters. The van der Waals surface area contributed by atoms with Gasteiger partial charge in [0, 0.05) is 4.83 Å². The van der Waals surface area contributed by atoms with E-state index in [0.717, 1.165) is 0 Å². The van der Waals surface area contributed by atoms with Gasteiger partial charge < -0.3 is 0 Å². The molecule has 13 heavy (non-hydrogen) atoms. The fraction of sp³-hybridized carbons (Fsp3) is 0.917. The van der Waals surface area contributed by atoms with Gasteiger partial charge in [0.2, 0.25) is 0 Å². The highest BCUT2D eigenvalue weighted by molar-refractivity contribution is 9.09. The minimum Gasteiger partial charge on any atom is -0.0891 e. The molecule has 1 heteroatoms. The second-order valence-electron chi connectivity index (χ2n) is 3.86. The maximum absolute atomic E-state index is 3.91. The normalized spacial score (nSPS) is 13.2. The van der Waals surface area contributed by atoms with Crippen LogP contribution >= 0.6 is 15.9 Å². The molecule has 0 aromatic rings. The van der Waals surface area contributed by atoms with Crippen LogP contribution < -0.4 is 0 Å². The largest absolute Gasteiger partial charge is 0.0891 e. The third kappa shape index (κ3) is 12.5. The van der Waals surface area contributed by atoms with Crippen LogP contribution in [0.25, 0.3) is 0 Å². The predicted octanol–water partition coefficient (Wildman–Crippen LogP) is 5.11. The molecule has 0 aliphatic rings. The van der Waals surface area contributed by atoms with Gasteiger partial charge in [0.1, 0.15) is 0 Å². The van der Waals surface area contributed by atoms with Crippen molar-refractivity contribution >= 4 is 15.9 Å². The topological polar surface area (TPSA) is 0 Å². The van der Waals surface area contributed by atoms with Crippen molar-refractivity contribution in [3.8, 4) is 0 Å². The molecule has 0 aromatic heterocycles. The van der Waals surface area contributed by atoms with E-state index in [2.05, 4.69) is 29.8 Å². The molecular weight excluding hydrogens is 224 g/mol. The summed E-state index contributed by atoms with van der Waals surface area (Å²) in [6.07, 6.45) is 12.5. The summed E-state index contributed by atoms with van der Waals surface area (Å²) < 4.78 is 0. The number of hydrogen-bond donors (Lipinski definition) is 0. The predicted molar refractivity (Wildman–Crippen MR) is 65.3 cm³/mol. The van der Waals surface area contributed by atoms with Gasteiger partial charge in [-0.3, -0.25) is 0 Å². The zero-order valence-electron chi connectivity index (χ0n) is 9.03. The molecule has 0 nitrogen and oxygen atoms in total. The summed E-state index contributed by atoms with van der Waals surface area (Å²) in [7, 11) is 0. The highest BCUT2D eigenvalue weighted by atomic mass is 79.9. The average Bonchev–Trinajstić information content (AvgIpc) is 2.09. The van der Waals surface area contributed by atoms with E-state index in [9.17, 15) is 0 Å². The Kier molecular flexibility index (Phi) is 11.0. The summed E-state index contributed by atoms with van der Waals surface area (Å²) in [4.78, 5) is 0.465. The third-order valence-electron chi connectivity index (χ3n) is 2.37. The Balaban J connectivity index is 2.84. The van der Waals surface area contributed by atoms with Gasteiger partial charge in [-0.2, -0.15) is 0 Å². The van der Waals surface area contributed by atoms with E-state index in [4.69, 9.17) is 0 Å². The van der Waals surface area contributed by atoms with Crippen LogP contribution in [-0.2, 0) is 0 Å². The Morgan fingerprint density at radius 1 is 0.923 bits per heavy atom. The first-order valence-electron chi connectivity index (χ1n) is 5.74. The molecule has 0 rings (SSSR count). The number of halogens is 1. The molecule has 0 aromatic carbocycles. The molecule has 0 spiro atoms. The summed E-state index contributed by atoms with van der Waals surface area (Å²) in [5.74, 6) is 0. The maximum Gasteiger partial charge on any atom is 0.0146 e. The lowest BCUT2D eigenvalue weighted by Crippen LogP contribution is -1.89. The smallest absolute Gasteiger partial charge is 0.0146 e. The minimum atomic E-state index is 0.465. The quantitative estimate of drug-likeness (QED) is 0.392. The van der Waals surface area contributed by atoms with E-state index in [0.29, 0.717) is 4.83 Å². The van der Waals surface area contributed by atoms with Crippen LogP contribution in [0.4, 0.5) is 0 Å². The van der Waals surface area contributed by atoms with Crippen molar-refractivity contribution < 1.29 is 0 Å². The van der Waals surface area contributed by atoms with E-state index < -0.39 is 0 Å². The van der Waals surface area contributed by atoms with Gasteiger partial charge >= 0.3 is 0 Å². The Bertz CT molecular complexity index is 89.1. The average molecular weight is 248 g/mol. The van der Waals surface area contributed by atoms with Crippen LogP contribution in [0.5, 0.6) is 0 Å². The standard InChI is InChI=1S/C12H24Br/c1-3-4-5-6-7-8-9-10-11-12(2)13/h12H,2-11H2,1H3. The first kappa shape index (κ1) is 13.5. The van der Waals surface area contributed by atoms with E-state index in [1.165, 1.54) is 57.8 Å². The molecule has 0 saturated heterocycles. The van der Waals surface area contributed by atoms with Crippen molar-refractivity contribution in [3.05, 3.63) is 6.92 Å². The lowest BCUT2D eigenvalue weighted by Gasteiger charge is -2.02. The van der Waals surface area contributed by atoms with E-state index >= 15 is 0 Å². The summed E-state index contributed by atoms with van der Waals surface area (Å²) in [6, 6.07) is 0. The van der Waals surface area contributed by atoms with Crippen LogP contribution in [0.3, 0.4) is 0 Å². The summed E-state index contributed by atoms with van der Waals surface area (Å²) >= 11 is 3.47. The number of rotatable bonds is 9. The fourth-order valence-corrected chi connectivity index (χ4v) is 1.82. The molecular formula is C12H24Br. The van der Waals surface area contributed by atoms with Gasteiger partial charge in [-0.25, -0.2) is 0 Å². The van der Waals surface area contributed by atoms with Gasteiger partial charge in [-0.05, 0) is 13.3 Å². The lowest BCUT2D eigenvalue weighted by atomic mass is 10.1. The second-order valence-corrected chi connectivity index (χ2v) is 5.16. The van der Waals surface area contributed by atoms with Crippen LogP contribution in [0.1, 0.15) is 64.7 Å². The highest BCUT2D eigenvalue weighted by Gasteiger charge is 1.95. The zero-order chi connectivity index (χ0) is 9.94. The molecule has 0 saturated carbocycles. The van der Waals surface area contributed by atoms with Crippen LogP contribution in [-0.4, -0.2) is 4.83 Å². The van der Waals surface area contributed by atoms with Gasteiger partial charge in [0.05, 0.1) is 0 Å². The van der Waals surface area contributed by atoms with E-state index in [1.807, 2.05) is 0 Å². The van der Waals surface area contributed by atoms with Gasteiger partial charge in [0.15, 0.2) is 0 Å². The maximum atomic E-state index is 3.91. The second kappa shape index (κ2) is 10.6. The van der Waals surface area contributed by atoms with Crippen LogP contribution in [0, 0.1) is 6.92 Å². The van der Waals surface area contributed by atoms with Crippen molar-refractivity contribution in [1.29, 1.82) is 0 Å². The van der Waals surface area contributed by atoms with Crippen molar-refractivity contribution in [2.24, 2.45) is 0 Å². The first-order chi connectivity index (χ1) is 6.27. The molecule has 1 radical (unpaired) electrons. The first-order valence-corrected chi connectivity index (χ1v) is 6.66. The molecule has 0 aliphatic carbocycles. The van der Waals surface area contributed by atoms with Crippen LogP contribution in [0.2, 0.25) is 0 Å². The van der Waals surface area contributed by atoms with Gasteiger partial charge in [-0.15, -0.1) is 0 Å². The Morgan fingerprint density at radius 2 is 1.38 bits per heavy atom. The monoisotopic (exact) mass is 247 g/mol. The Labute approximate surface area is 92.6 Å². The number of hydrogen-bond acceptors (Lipinski definition) is 0. The molecule has 0 heterocycles. The molecule has 0 aliphatic heterocycles. The van der Waals surface area contributed by atoms with Crippen molar-refractivity contribution in [2.45, 2.75) is 69.5 Å². The molecule has 79 valence electrons. The number of alkyl halides is 1. The SMILES string of the molecule is [CH2]C(Br)CCCCCCCCCC. The molecule has 1 unspecified atom stereocenters. The van der Waals surface area contributed by atoms with Crippen LogP contribution in [0.15, 0.2) is 0 Å². The Hall–Kier alpha value is 0.480.